The van der Waals surface area contributed by atoms with Gasteiger partial charge in [-0.25, -0.2) is 0 Å². The van der Waals surface area contributed by atoms with Crippen molar-refractivity contribution in [3.05, 3.63) is 181 Å². The quantitative estimate of drug-likeness (QED) is 0.184. The van der Waals surface area contributed by atoms with Crippen molar-refractivity contribution in [3.8, 4) is 33.6 Å². The number of para-hydroxylation sites is 3. The first-order chi connectivity index (χ1) is 24.2. The second-order valence-corrected chi connectivity index (χ2v) is 13.1. The number of hydrogen-bond donors (Lipinski definition) is 0. The number of aryl methyl sites for hydroxylation is 1. The molecule has 0 bridgehead atoms. The highest BCUT2D eigenvalue weighted by Crippen LogP contribution is 2.39. The third kappa shape index (κ3) is 4.35. The molecule has 2 aromatic heterocycles. The van der Waals surface area contributed by atoms with Crippen LogP contribution in [0.1, 0.15) is 5.56 Å². The summed E-state index contributed by atoms with van der Waals surface area (Å²) < 4.78 is 4.78. The first-order valence-corrected chi connectivity index (χ1v) is 16.9. The molecule has 10 aromatic rings. The van der Waals surface area contributed by atoms with Crippen LogP contribution in [-0.4, -0.2) is 9.13 Å². The molecule has 0 unspecified atom stereocenters. The smallest absolute Gasteiger partial charge is 0.0541 e. The van der Waals surface area contributed by atoms with E-state index in [1.54, 1.807) is 0 Å². The molecule has 2 heterocycles. The molecule has 0 fully saturated rings. The van der Waals surface area contributed by atoms with Gasteiger partial charge in [-0.3, -0.25) is 0 Å². The Morgan fingerprint density at radius 2 is 0.857 bits per heavy atom. The van der Waals surface area contributed by atoms with Crippen molar-refractivity contribution in [2.45, 2.75) is 6.92 Å². The fourth-order valence-electron chi connectivity index (χ4n) is 7.91. The van der Waals surface area contributed by atoms with Gasteiger partial charge in [-0.2, -0.15) is 0 Å². The van der Waals surface area contributed by atoms with E-state index in [4.69, 9.17) is 0 Å². The Kier molecular flexibility index (Phi) is 6.13. The van der Waals surface area contributed by atoms with Crippen molar-refractivity contribution < 1.29 is 0 Å². The molecule has 0 saturated heterocycles. The molecular formula is C47H32N2. The summed E-state index contributed by atoms with van der Waals surface area (Å²) in [4.78, 5) is 0. The van der Waals surface area contributed by atoms with Gasteiger partial charge in [0.25, 0.3) is 0 Å². The van der Waals surface area contributed by atoms with Crippen LogP contribution in [0.15, 0.2) is 176 Å². The van der Waals surface area contributed by atoms with Gasteiger partial charge in [0, 0.05) is 32.9 Å². The molecule has 0 radical (unpaired) electrons. The highest BCUT2D eigenvalue weighted by atomic mass is 15.0. The van der Waals surface area contributed by atoms with Crippen molar-refractivity contribution in [3.63, 3.8) is 0 Å². The Morgan fingerprint density at radius 1 is 0.327 bits per heavy atom. The normalized spacial score (nSPS) is 11.8. The van der Waals surface area contributed by atoms with Gasteiger partial charge in [0.15, 0.2) is 0 Å². The van der Waals surface area contributed by atoms with E-state index in [2.05, 4.69) is 192 Å². The van der Waals surface area contributed by atoms with Gasteiger partial charge < -0.3 is 9.13 Å². The van der Waals surface area contributed by atoms with Crippen molar-refractivity contribution >= 4 is 54.4 Å². The maximum atomic E-state index is 2.40. The van der Waals surface area contributed by atoms with E-state index in [0.717, 1.165) is 0 Å². The third-order valence-corrected chi connectivity index (χ3v) is 10.2. The molecule has 2 heteroatoms. The fraction of sp³-hybridized carbons (Fsp3) is 0.0213. The van der Waals surface area contributed by atoms with Crippen LogP contribution in [0.2, 0.25) is 0 Å². The van der Waals surface area contributed by atoms with Crippen molar-refractivity contribution in [2.75, 3.05) is 0 Å². The fourth-order valence-corrected chi connectivity index (χ4v) is 7.91. The van der Waals surface area contributed by atoms with E-state index in [9.17, 15) is 0 Å². The maximum Gasteiger partial charge on any atom is 0.0541 e. The minimum Gasteiger partial charge on any atom is -0.309 e. The Labute approximate surface area is 284 Å². The predicted octanol–water partition coefficient (Wildman–Crippen LogP) is 12.7. The summed E-state index contributed by atoms with van der Waals surface area (Å²) in [5, 5.41) is 7.58. The van der Waals surface area contributed by atoms with Crippen LogP contribution in [-0.2, 0) is 0 Å². The number of nitrogens with zero attached hydrogens (tertiary/aromatic N) is 2. The van der Waals surface area contributed by atoms with Gasteiger partial charge >= 0.3 is 0 Å². The molecular weight excluding hydrogens is 593 g/mol. The van der Waals surface area contributed by atoms with Crippen molar-refractivity contribution in [2.24, 2.45) is 0 Å². The first kappa shape index (κ1) is 27.7. The van der Waals surface area contributed by atoms with Gasteiger partial charge in [-0.1, -0.05) is 115 Å². The summed E-state index contributed by atoms with van der Waals surface area (Å²) in [7, 11) is 0. The molecule has 49 heavy (non-hydrogen) atoms. The maximum absolute atomic E-state index is 2.40. The van der Waals surface area contributed by atoms with Gasteiger partial charge in [0.05, 0.1) is 22.1 Å². The SMILES string of the molecule is Cc1cc(-c2ccc3c(c2)c2ccccc2n3-c2ccccc2)ccc1-c1ccc2c(c1)c1ccccc1n2-c1ccc2ccccc2c1. The Bertz CT molecular complexity index is 2890. The van der Waals surface area contributed by atoms with Crippen LogP contribution in [0.25, 0.3) is 88.0 Å². The topological polar surface area (TPSA) is 9.86 Å². The zero-order chi connectivity index (χ0) is 32.5. The second-order valence-electron chi connectivity index (χ2n) is 13.1. The molecule has 0 atom stereocenters. The molecule has 0 aliphatic carbocycles. The Morgan fingerprint density at radius 3 is 1.57 bits per heavy atom. The molecule has 0 saturated carbocycles. The number of fused-ring (bicyclic) bond motifs is 7. The molecule has 2 nitrogen and oxygen atoms in total. The minimum atomic E-state index is 1.18. The standard InChI is InChI=1S/C47H32N2/c1-31-27-34(35-21-25-46-42(29-35)40-15-7-9-17-44(40)48(46)37-13-3-2-4-14-37)20-24-39(31)36-22-26-47-43(30-36)41-16-8-10-18-45(41)49(47)38-23-19-32-11-5-6-12-33(32)28-38/h2-30H,1H3. The Hall–Kier alpha value is -6.38. The summed E-state index contributed by atoms with van der Waals surface area (Å²) in [6.07, 6.45) is 0. The highest BCUT2D eigenvalue weighted by molar-refractivity contribution is 6.12. The third-order valence-electron chi connectivity index (χ3n) is 10.2. The summed E-state index contributed by atoms with van der Waals surface area (Å²) in [5.41, 5.74) is 13.5. The summed E-state index contributed by atoms with van der Waals surface area (Å²) in [6, 6.07) is 64.3. The molecule has 230 valence electrons. The van der Waals surface area contributed by atoms with Gasteiger partial charge in [-0.05, 0) is 106 Å². The second kappa shape index (κ2) is 10.8. The lowest BCUT2D eigenvalue weighted by atomic mass is 9.94. The number of rotatable bonds is 4. The average Bonchev–Trinajstić information content (AvgIpc) is 3.67. The van der Waals surface area contributed by atoms with Crippen LogP contribution in [0.3, 0.4) is 0 Å². The average molecular weight is 625 g/mol. The first-order valence-electron chi connectivity index (χ1n) is 16.9. The molecule has 0 N–H and O–H groups in total. The van der Waals surface area contributed by atoms with Crippen LogP contribution in [0, 0.1) is 6.92 Å². The molecule has 0 spiro atoms. The van der Waals surface area contributed by atoms with E-state index in [-0.39, 0.29) is 0 Å². The summed E-state index contributed by atoms with van der Waals surface area (Å²) >= 11 is 0. The monoisotopic (exact) mass is 624 g/mol. The zero-order valence-corrected chi connectivity index (χ0v) is 27.1. The number of aromatic nitrogens is 2. The van der Waals surface area contributed by atoms with E-state index in [1.165, 1.54) is 93.6 Å². The number of benzene rings is 8. The molecule has 0 aliphatic rings. The van der Waals surface area contributed by atoms with Crippen LogP contribution < -0.4 is 0 Å². The predicted molar refractivity (Wildman–Crippen MR) is 208 cm³/mol. The lowest BCUT2D eigenvalue weighted by molar-refractivity contribution is 1.18. The summed E-state index contributed by atoms with van der Waals surface area (Å²) in [5.74, 6) is 0. The molecule has 0 amide bonds. The van der Waals surface area contributed by atoms with E-state index < -0.39 is 0 Å². The van der Waals surface area contributed by atoms with E-state index >= 15 is 0 Å². The van der Waals surface area contributed by atoms with Gasteiger partial charge in [0.2, 0.25) is 0 Å². The Balaban J connectivity index is 1.07. The molecule has 10 rings (SSSR count). The summed E-state index contributed by atoms with van der Waals surface area (Å²) in [6.45, 7) is 2.24. The molecule has 0 aliphatic heterocycles. The zero-order valence-electron chi connectivity index (χ0n) is 27.1. The van der Waals surface area contributed by atoms with Crippen molar-refractivity contribution in [1.29, 1.82) is 0 Å². The minimum absolute atomic E-state index is 1.18. The molecule has 8 aromatic carbocycles. The number of hydrogen-bond acceptors (Lipinski definition) is 0. The lowest BCUT2D eigenvalue weighted by Crippen LogP contribution is -1.94. The highest BCUT2D eigenvalue weighted by Gasteiger charge is 2.16. The van der Waals surface area contributed by atoms with Gasteiger partial charge in [0.1, 0.15) is 0 Å². The lowest BCUT2D eigenvalue weighted by Gasteiger charge is -2.12. The van der Waals surface area contributed by atoms with Crippen molar-refractivity contribution in [1.82, 2.24) is 9.13 Å². The largest absolute Gasteiger partial charge is 0.309 e. The van der Waals surface area contributed by atoms with Crippen LogP contribution in [0.5, 0.6) is 0 Å². The van der Waals surface area contributed by atoms with E-state index in [0.29, 0.717) is 0 Å². The van der Waals surface area contributed by atoms with Gasteiger partial charge in [-0.15, -0.1) is 0 Å². The van der Waals surface area contributed by atoms with Crippen LogP contribution >= 0.6 is 0 Å². The van der Waals surface area contributed by atoms with Crippen LogP contribution in [0.4, 0.5) is 0 Å². The van der Waals surface area contributed by atoms with E-state index in [1.807, 2.05) is 0 Å².